The highest BCUT2D eigenvalue weighted by Crippen LogP contribution is 2.39. The molecule has 1 saturated carbocycles. The Morgan fingerprint density at radius 2 is 2.00 bits per heavy atom. The zero-order valence-corrected chi connectivity index (χ0v) is 9.09. The van der Waals surface area contributed by atoms with Crippen LogP contribution < -0.4 is 0 Å². The standard InChI is InChI=1S/C11H20O2/c1-8(12)9-5-6-10(7-9)11(2,3)13-4/h9-10H,5-7H2,1-4H3. The molecule has 1 rings (SSSR count). The van der Waals surface area contributed by atoms with Gasteiger partial charge >= 0.3 is 0 Å². The maximum atomic E-state index is 11.2. The van der Waals surface area contributed by atoms with Gasteiger partial charge in [-0.15, -0.1) is 0 Å². The summed E-state index contributed by atoms with van der Waals surface area (Å²) in [5, 5.41) is 0. The molecule has 2 nitrogen and oxygen atoms in total. The summed E-state index contributed by atoms with van der Waals surface area (Å²) in [6.45, 7) is 5.92. The number of ether oxygens (including phenoxy) is 1. The summed E-state index contributed by atoms with van der Waals surface area (Å²) >= 11 is 0. The van der Waals surface area contributed by atoms with Gasteiger partial charge in [-0.3, -0.25) is 4.79 Å². The molecule has 0 aromatic rings. The van der Waals surface area contributed by atoms with Crippen molar-refractivity contribution < 1.29 is 9.53 Å². The van der Waals surface area contributed by atoms with Crippen molar-refractivity contribution >= 4 is 5.78 Å². The van der Waals surface area contributed by atoms with Crippen molar-refractivity contribution in [1.82, 2.24) is 0 Å². The molecule has 0 aromatic heterocycles. The average molecular weight is 184 g/mol. The number of carbonyl (C=O) groups excluding carboxylic acids is 1. The number of methoxy groups -OCH3 is 1. The van der Waals surface area contributed by atoms with E-state index in [0.29, 0.717) is 17.6 Å². The minimum atomic E-state index is -0.0653. The van der Waals surface area contributed by atoms with Crippen LogP contribution in [0.3, 0.4) is 0 Å². The Morgan fingerprint density at radius 3 is 2.38 bits per heavy atom. The molecule has 2 atom stereocenters. The van der Waals surface area contributed by atoms with E-state index in [2.05, 4.69) is 13.8 Å². The van der Waals surface area contributed by atoms with E-state index in [0.717, 1.165) is 19.3 Å². The van der Waals surface area contributed by atoms with E-state index >= 15 is 0 Å². The Kier molecular flexibility index (Phi) is 3.12. The molecule has 0 amide bonds. The van der Waals surface area contributed by atoms with Gasteiger partial charge in [0.05, 0.1) is 5.60 Å². The smallest absolute Gasteiger partial charge is 0.132 e. The third-order valence-corrected chi connectivity index (χ3v) is 3.52. The number of carbonyl (C=O) groups is 1. The molecule has 1 aliphatic rings. The van der Waals surface area contributed by atoms with Gasteiger partial charge in [-0.25, -0.2) is 0 Å². The van der Waals surface area contributed by atoms with Gasteiger partial charge < -0.3 is 4.74 Å². The maximum Gasteiger partial charge on any atom is 0.132 e. The number of hydrogen-bond donors (Lipinski definition) is 0. The Hall–Kier alpha value is -0.370. The van der Waals surface area contributed by atoms with Gasteiger partial charge in [0, 0.05) is 13.0 Å². The molecule has 13 heavy (non-hydrogen) atoms. The van der Waals surface area contributed by atoms with E-state index < -0.39 is 0 Å². The van der Waals surface area contributed by atoms with Crippen molar-refractivity contribution in [2.24, 2.45) is 11.8 Å². The fraction of sp³-hybridized carbons (Fsp3) is 0.909. The lowest BCUT2D eigenvalue weighted by atomic mass is 9.88. The molecule has 2 heteroatoms. The summed E-state index contributed by atoms with van der Waals surface area (Å²) in [5.41, 5.74) is -0.0653. The van der Waals surface area contributed by atoms with Gasteiger partial charge in [0.2, 0.25) is 0 Å². The molecule has 2 unspecified atom stereocenters. The Morgan fingerprint density at radius 1 is 1.38 bits per heavy atom. The first kappa shape index (κ1) is 10.7. The minimum Gasteiger partial charge on any atom is -0.379 e. The monoisotopic (exact) mass is 184 g/mol. The topological polar surface area (TPSA) is 26.3 Å². The molecule has 0 aromatic carbocycles. The molecule has 0 N–H and O–H groups in total. The summed E-state index contributed by atoms with van der Waals surface area (Å²) in [6.07, 6.45) is 3.19. The lowest BCUT2D eigenvalue weighted by Crippen LogP contribution is -2.31. The van der Waals surface area contributed by atoms with E-state index in [1.165, 1.54) is 0 Å². The summed E-state index contributed by atoms with van der Waals surface area (Å²) < 4.78 is 5.44. The van der Waals surface area contributed by atoms with Crippen LogP contribution in [0.4, 0.5) is 0 Å². The van der Waals surface area contributed by atoms with Gasteiger partial charge in [-0.05, 0) is 46.0 Å². The van der Waals surface area contributed by atoms with Crippen LogP contribution in [0.2, 0.25) is 0 Å². The summed E-state index contributed by atoms with van der Waals surface area (Å²) in [4.78, 5) is 11.2. The molecule has 0 spiro atoms. The maximum absolute atomic E-state index is 11.2. The molecule has 76 valence electrons. The highest BCUT2D eigenvalue weighted by atomic mass is 16.5. The number of ketones is 1. The predicted molar refractivity (Wildman–Crippen MR) is 52.6 cm³/mol. The van der Waals surface area contributed by atoms with E-state index in [4.69, 9.17) is 4.74 Å². The normalized spacial score (nSPS) is 29.2. The fourth-order valence-electron chi connectivity index (χ4n) is 2.15. The van der Waals surface area contributed by atoms with Crippen molar-refractivity contribution in [2.75, 3.05) is 7.11 Å². The zero-order chi connectivity index (χ0) is 10.1. The quantitative estimate of drug-likeness (QED) is 0.673. The lowest BCUT2D eigenvalue weighted by molar-refractivity contribution is -0.120. The van der Waals surface area contributed by atoms with Crippen LogP contribution in [0.5, 0.6) is 0 Å². The minimum absolute atomic E-state index is 0.0653. The van der Waals surface area contributed by atoms with Crippen LogP contribution in [0.15, 0.2) is 0 Å². The van der Waals surface area contributed by atoms with Crippen LogP contribution in [0.25, 0.3) is 0 Å². The summed E-state index contributed by atoms with van der Waals surface area (Å²) in [5.74, 6) is 1.18. The van der Waals surface area contributed by atoms with Crippen LogP contribution >= 0.6 is 0 Å². The Labute approximate surface area is 80.7 Å². The molecule has 1 aliphatic carbocycles. The van der Waals surface area contributed by atoms with E-state index in [-0.39, 0.29) is 5.60 Å². The number of Topliss-reactive ketones (excluding diaryl/α,β-unsaturated/α-hetero) is 1. The largest absolute Gasteiger partial charge is 0.379 e. The molecule has 0 saturated heterocycles. The van der Waals surface area contributed by atoms with Gasteiger partial charge in [-0.1, -0.05) is 0 Å². The average Bonchev–Trinajstić information content (AvgIpc) is 2.52. The van der Waals surface area contributed by atoms with E-state index in [9.17, 15) is 4.79 Å². The predicted octanol–water partition coefficient (Wildman–Crippen LogP) is 2.42. The zero-order valence-electron chi connectivity index (χ0n) is 9.09. The van der Waals surface area contributed by atoms with E-state index in [1.807, 2.05) is 0 Å². The number of rotatable bonds is 3. The third-order valence-electron chi connectivity index (χ3n) is 3.52. The Balaban J connectivity index is 2.54. The molecule has 0 aliphatic heterocycles. The molecular weight excluding hydrogens is 164 g/mol. The van der Waals surface area contributed by atoms with Crippen LogP contribution in [-0.4, -0.2) is 18.5 Å². The SMILES string of the molecule is COC(C)(C)C1CCC(C(C)=O)C1. The van der Waals surface area contributed by atoms with Gasteiger partial charge in [0.25, 0.3) is 0 Å². The second-order valence-corrected chi connectivity index (χ2v) is 4.63. The van der Waals surface area contributed by atoms with Gasteiger partial charge in [-0.2, -0.15) is 0 Å². The van der Waals surface area contributed by atoms with Gasteiger partial charge in [0.15, 0.2) is 0 Å². The first-order valence-corrected chi connectivity index (χ1v) is 5.03. The highest BCUT2D eigenvalue weighted by Gasteiger charge is 2.37. The van der Waals surface area contributed by atoms with Crippen LogP contribution in [0, 0.1) is 11.8 Å². The molecule has 0 heterocycles. The Bertz CT molecular complexity index is 196. The van der Waals surface area contributed by atoms with Crippen LogP contribution in [0.1, 0.15) is 40.0 Å². The second kappa shape index (κ2) is 3.79. The summed E-state index contributed by atoms with van der Waals surface area (Å²) in [7, 11) is 1.75. The first-order chi connectivity index (χ1) is 5.97. The van der Waals surface area contributed by atoms with Crippen molar-refractivity contribution in [2.45, 2.75) is 45.6 Å². The lowest BCUT2D eigenvalue weighted by Gasteiger charge is -2.30. The van der Waals surface area contributed by atoms with Crippen molar-refractivity contribution in [3.8, 4) is 0 Å². The van der Waals surface area contributed by atoms with E-state index in [1.54, 1.807) is 14.0 Å². The highest BCUT2D eigenvalue weighted by molar-refractivity contribution is 5.78. The van der Waals surface area contributed by atoms with Crippen LogP contribution in [-0.2, 0) is 9.53 Å². The first-order valence-electron chi connectivity index (χ1n) is 5.03. The van der Waals surface area contributed by atoms with Crippen molar-refractivity contribution in [1.29, 1.82) is 0 Å². The van der Waals surface area contributed by atoms with Crippen molar-refractivity contribution in [3.63, 3.8) is 0 Å². The van der Waals surface area contributed by atoms with Crippen molar-refractivity contribution in [3.05, 3.63) is 0 Å². The number of hydrogen-bond acceptors (Lipinski definition) is 2. The van der Waals surface area contributed by atoms with Gasteiger partial charge in [0.1, 0.15) is 5.78 Å². The summed E-state index contributed by atoms with van der Waals surface area (Å²) in [6, 6.07) is 0. The second-order valence-electron chi connectivity index (χ2n) is 4.63. The molecule has 1 fully saturated rings. The molecular formula is C11H20O2. The molecule has 0 radical (unpaired) electrons. The molecule has 0 bridgehead atoms. The third kappa shape index (κ3) is 2.31. The fourth-order valence-corrected chi connectivity index (χ4v) is 2.15.